The summed E-state index contributed by atoms with van der Waals surface area (Å²) in [5, 5.41) is 7.80. The van der Waals surface area contributed by atoms with Crippen molar-refractivity contribution in [3.05, 3.63) is 42.2 Å². The maximum atomic E-state index is 6.11. The van der Waals surface area contributed by atoms with Crippen LogP contribution in [0.5, 0.6) is 5.88 Å². The van der Waals surface area contributed by atoms with Crippen LogP contribution in [-0.2, 0) is 0 Å². The fourth-order valence-corrected chi connectivity index (χ4v) is 5.99. The second-order valence-electron chi connectivity index (χ2n) is 9.34. The van der Waals surface area contributed by atoms with Gasteiger partial charge in [-0.2, -0.15) is 0 Å². The molecule has 1 aromatic carbocycles. The van der Waals surface area contributed by atoms with Gasteiger partial charge in [0.2, 0.25) is 5.88 Å². The molecule has 176 valence electrons. The number of hydrogen-bond donors (Lipinski definition) is 2. The van der Waals surface area contributed by atoms with Crippen molar-refractivity contribution in [2.24, 2.45) is 0 Å². The monoisotopic (exact) mass is 474 g/mol. The van der Waals surface area contributed by atoms with Crippen LogP contribution in [0.25, 0.3) is 33.4 Å². The van der Waals surface area contributed by atoms with Crippen LogP contribution in [0.4, 0.5) is 5.13 Å². The number of rotatable bonds is 5. The summed E-state index contributed by atoms with van der Waals surface area (Å²) in [4.78, 5) is 20.1. The Morgan fingerprint density at radius 1 is 1.09 bits per heavy atom. The molecule has 7 nitrogen and oxygen atoms in total. The molecule has 2 fully saturated rings. The minimum atomic E-state index is 0.148. The topological polar surface area (TPSA) is 79.0 Å². The van der Waals surface area contributed by atoms with Gasteiger partial charge in [-0.05, 0) is 57.7 Å². The first-order valence-corrected chi connectivity index (χ1v) is 13.2. The van der Waals surface area contributed by atoms with Crippen LogP contribution in [0.1, 0.15) is 39.0 Å². The molecule has 2 aliphatic heterocycles. The zero-order valence-corrected chi connectivity index (χ0v) is 20.3. The fourth-order valence-electron chi connectivity index (χ4n) is 5.03. The molecule has 2 N–H and O–H groups in total. The number of nitrogens with zero attached hydrogens (tertiary/aromatic N) is 4. The van der Waals surface area contributed by atoms with Gasteiger partial charge >= 0.3 is 0 Å². The van der Waals surface area contributed by atoms with Crippen LogP contribution in [0, 0.1) is 0 Å². The highest BCUT2D eigenvalue weighted by Gasteiger charge is 2.22. The molecule has 2 aliphatic rings. The molecular weight excluding hydrogens is 444 g/mol. The number of piperidine rings is 2. The van der Waals surface area contributed by atoms with E-state index in [0.717, 1.165) is 71.0 Å². The Morgan fingerprint density at radius 3 is 2.94 bits per heavy atom. The van der Waals surface area contributed by atoms with Crippen molar-refractivity contribution in [2.75, 3.05) is 24.5 Å². The van der Waals surface area contributed by atoms with Crippen molar-refractivity contribution in [2.45, 2.75) is 51.2 Å². The van der Waals surface area contributed by atoms with Gasteiger partial charge in [-0.1, -0.05) is 6.07 Å². The Kier molecular flexibility index (Phi) is 5.93. The first-order valence-electron chi connectivity index (χ1n) is 12.3. The van der Waals surface area contributed by atoms with Crippen molar-refractivity contribution in [1.82, 2.24) is 25.3 Å². The Morgan fingerprint density at radius 2 is 2.06 bits per heavy atom. The molecule has 0 aliphatic carbocycles. The van der Waals surface area contributed by atoms with Crippen LogP contribution in [0.2, 0.25) is 0 Å². The third-order valence-corrected chi connectivity index (χ3v) is 7.82. The minimum absolute atomic E-state index is 0.148. The first kappa shape index (κ1) is 21.6. The van der Waals surface area contributed by atoms with E-state index in [-0.39, 0.29) is 6.10 Å². The van der Waals surface area contributed by atoms with Gasteiger partial charge in [0.05, 0.1) is 23.8 Å². The van der Waals surface area contributed by atoms with Gasteiger partial charge in [-0.15, -0.1) is 11.3 Å². The summed E-state index contributed by atoms with van der Waals surface area (Å²) in [6.45, 7) is 5.32. The van der Waals surface area contributed by atoms with Crippen LogP contribution in [-0.4, -0.2) is 51.7 Å². The molecule has 8 heteroatoms. The number of nitrogens with one attached hydrogen (secondary N) is 2. The molecule has 0 spiro atoms. The highest BCUT2D eigenvalue weighted by atomic mass is 32.1. The van der Waals surface area contributed by atoms with Gasteiger partial charge in [0.25, 0.3) is 0 Å². The van der Waals surface area contributed by atoms with Gasteiger partial charge in [0.1, 0.15) is 6.10 Å². The standard InChI is InChI=1S/C26H30N6OS/c1-17-5-2-3-10-32(17)26-31-24(16-34-26)18-7-8-22-20(11-18)21(13-29-22)23-14-28-15-25(30-23)33-19-6-4-9-27-12-19/h7-8,11,13-17,19,27,29H,2-6,9-10,12H2,1H3. The molecule has 4 aromatic rings. The lowest BCUT2D eigenvalue weighted by Gasteiger charge is -2.33. The number of H-pyrrole nitrogens is 1. The second-order valence-corrected chi connectivity index (χ2v) is 10.2. The Bertz CT molecular complexity index is 1280. The predicted octanol–water partition coefficient (Wildman–Crippen LogP) is 5.26. The normalized spacial score (nSPS) is 21.1. The Labute approximate surface area is 203 Å². The summed E-state index contributed by atoms with van der Waals surface area (Å²) < 4.78 is 6.11. The molecule has 2 saturated heterocycles. The number of hydrogen-bond acceptors (Lipinski definition) is 7. The van der Waals surface area contributed by atoms with Gasteiger partial charge in [0.15, 0.2) is 5.13 Å². The number of aromatic nitrogens is 4. The van der Waals surface area contributed by atoms with E-state index in [9.17, 15) is 0 Å². The van der Waals surface area contributed by atoms with E-state index < -0.39 is 0 Å². The van der Waals surface area contributed by atoms with E-state index >= 15 is 0 Å². The predicted molar refractivity (Wildman–Crippen MR) is 138 cm³/mol. The highest BCUT2D eigenvalue weighted by molar-refractivity contribution is 7.14. The number of fused-ring (bicyclic) bond motifs is 1. The van der Waals surface area contributed by atoms with Crippen molar-refractivity contribution in [3.63, 3.8) is 0 Å². The molecule has 0 saturated carbocycles. The lowest BCUT2D eigenvalue weighted by molar-refractivity contribution is 0.160. The van der Waals surface area contributed by atoms with E-state index in [2.05, 4.69) is 50.7 Å². The second kappa shape index (κ2) is 9.35. The minimum Gasteiger partial charge on any atom is -0.472 e. The van der Waals surface area contributed by atoms with Gasteiger partial charge in [0, 0.05) is 52.7 Å². The van der Waals surface area contributed by atoms with Gasteiger partial charge in [-0.3, -0.25) is 4.98 Å². The van der Waals surface area contributed by atoms with Crippen LogP contribution in [0.3, 0.4) is 0 Å². The van der Waals surface area contributed by atoms with E-state index in [1.165, 1.54) is 19.3 Å². The Hall–Kier alpha value is -2.97. The molecule has 34 heavy (non-hydrogen) atoms. The zero-order chi connectivity index (χ0) is 22.9. The summed E-state index contributed by atoms with van der Waals surface area (Å²) in [6.07, 6.45) is 11.6. The van der Waals surface area contributed by atoms with E-state index in [4.69, 9.17) is 14.7 Å². The lowest BCUT2D eigenvalue weighted by atomic mass is 10.0. The largest absolute Gasteiger partial charge is 0.472 e. The molecule has 0 amide bonds. The molecule has 2 atom stereocenters. The third kappa shape index (κ3) is 4.28. The molecule has 5 heterocycles. The molecule has 0 radical (unpaired) electrons. The quantitative estimate of drug-likeness (QED) is 0.411. The summed E-state index contributed by atoms with van der Waals surface area (Å²) in [5.74, 6) is 0.580. The van der Waals surface area contributed by atoms with Crippen molar-refractivity contribution in [1.29, 1.82) is 0 Å². The van der Waals surface area contributed by atoms with Crippen molar-refractivity contribution >= 4 is 27.4 Å². The highest BCUT2D eigenvalue weighted by Crippen LogP contribution is 2.35. The van der Waals surface area contributed by atoms with E-state index in [1.807, 2.05) is 6.20 Å². The van der Waals surface area contributed by atoms with Crippen LogP contribution >= 0.6 is 11.3 Å². The SMILES string of the molecule is CC1CCCCN1c1nc(-c2ccc3[nH]cc(-c4cncc(OC5CCCNC5)n4)c3c2)cs1. The summed E-state index contributed by atoms with van der Waals surface area (Å²) in [6, 6.07) is 7.03. The first-order chi connectivity index (χ1) is 16.7. The van der Waals surface area contributed by atoms with Gasteiger partial charge < -0.3 is 19.9 Å². The Balaban J connectivity index is 1.29. The molecule has 0 bridgehead atoms. The summed E-state index contributed by atoms with van der Waals surface area (Å²) in [7, 11) is 0. The number of thiazole rings is 1. The third-order valence-electron chi connectivity index (χ3n) is 6.95. The van der Waals surface area contributed by atoms with Crippen LogP contribution in [0.15, 0.2) is 42.2 Å². The summed E-state index contributed by atoms with van der Waals surface area (Å²) >= 11 is 1.74. The summed E-state index contributed by atoms with van der Waals surface area (Å²) in [5.41, 5.74) is 5.06. The number of anilines is 1. The maximum absolute atomic E-state index is 6.11. The van der Waals surface area contributed by atoms with E-state index in [1.54, 1.807) is 23.7 Å². The molecule has 6 rings (SSSR count). The van der Waals surface area contributed by atoms with Crippen LogP contribution < -0.4 is 15.0 Å². The number of aromatic amines is 1. The van der Waals surface area contributed by atoms with E-state index in [0.29, 0.717) is 11.9 Å². The van der Waals surface area contributed by atoms with Crippen molar-refractivity contribution in [3.8, 4) is 28.4 Å². The lowest BCUT2D eigenvalue weighted by Crippen LogP contribution is -2.37. The number of ether oxygens (including phenoxy) is 1. The molecule has 2 unspecified atom stereocenters. The number of benzene rings is 1. The van der Waals surface area contributed by atoms with Gasteiger partial charge in [-0.25, -0.2) is 9.97 Å². The molecule has 3 aromatic heterocycles. The maximum Gasteiger partial charge on any atom is 0.233 e. The van der Waals surface area contributed by atoms with Crippen molar-refractivity contribution < 1.29 is 4.74 Å². The fraction of sp³-hybridized carbons (Fsp3) is 0.423. The smallest absolute Gasteiger partial charge is 0.233 e. The average molecular weight is 475 g/mol. The average Bonchev–Trinajstić information content (AvgIpc) is 3.52. The zero-order valence-electron chi connectivity index (χ0n) is 19.5. The molecular formula is C26H30N6OS.